The number of hydrogen-bond donors (Lipinski definition) is 1. The van der Waals surface area contributed by atoms with E-state index in [0.29, 0.717) is 6.04 Å². The summed E-state index contributed by atoms with van der Waals surface area (Å²) in [6.07, 6.45) is 1.20. The predicted octanol–water partition coefficient (Wildman–Crippen LogP) is 0.599. The molecule has 2 fully saturated rings. The number of piperazine rings is 1. The van der Waals surface area contributed by atoms with Crippen LogP contribution in [0, 0.1) is 0 Å². The summed E-state index contributed by atoms with van der Waals surface area (Å²) in [5.74, 6) is 0. The topological polar surface area (TPSA) is 32.5 Å². The first kappa shape index (κ1) is 17.2. The normalized spacial score (nSPS) is 32.1. The highest BCUT2D eigenvalue weighted by molar-refractivity contribution is 5.86. The molecule has 0 amide bonds. The van der Waals surface area contributed by atoms with E-state index < -0.39 is 0 Å². The van der Waals surface area contributed by atoms with Gasteiger partial charge in [-0.15, -0.1) is 37.2 Å². The molecule has 2 saturated heterocycles. The van der Waals surface area contributed by atoms with Gasteiger partial charge in [-0.3, -0.25) is 4.90 Å². The van der Waals surface area contributed by atoms with Gasteiger partial charge in [-0.25, -0.2) is 0 Å². The molecule has 14 heavy (non-hydrogen) atoms. The van der Waals surface area contributed by atoms with E-state index in [4.69, 9.17) is 5.73 Å². The number of rotatable bonds is 0. The first-order valence-corrected chi connectivity index (χ1v) is 4.44. The first-order valence-electron chi connectivity index (χ1n) is 4.44. The second-order valence-corrected chi connectivity index (χ2v) is 3.91. The van der Waals surface area contributed by atoms with Crippen LogP contribution in [0.5, 0.6) is 0 Å². The van der Waals surface area contributed by atoms with E-state index in [1.54, 1.807) is 0 Å². The van der Waals surface area contributed by atoms with Crippen molar-refractivity contribution in [2.75, 3.05) is 33.2 Å². The second-order valence-electron chi connectivity index (χ2n) is 3.91. The largest absolute Gasteiger partial charge is 0.326 e. The summed E-state index contributed by atoms with van der Waals surface area (Å²) in [6, 6.07) is 1.19. The summed E-state index contributed by atoms with van der Waals surface area (Å²) in [6.45, 7) is 4.77. The lowest BCUT2D eigenvalue weighted by Gasteiger charge is -2.35. The van der Waals surface area contributed by atoms with Crippen molar-refractivity contribution >= 4 is 37.2 Å². The molecule has 2 atom stereocenters. The monoisotopic (exact) mass is 263 g/mol. The van der Waals surface area contributed by atoms with Crippen molar-refractivity contribution in [2.24, 2.45) is 5.73 Å². The van der Waals surface area contributed by atoms with Crippen LogP contribution in [0.3, 0.4) is 0 Å². The minimum atomic E-state index is 0. The van der Waals surface area contributed by atoms with E-state index in [0.717, 1.165) is 12.6 Å². The Morgan fingerprint density at radius 1 is 1.07 bits per heavy atom. The van der Waals surface area contributed by atoms with Gasteiger partial charge in [0.2, 0.25) is 0 Å². The molecule has 3 nitrogen and oxygen atoms in total. The van der Waals surface area contributed by atoms with Gasteiger partial charge >= 0.3 is 0 Å². The lowest BCUT2D eigenvalue weighted by Crippen LogP contribution is -2.48. The van der Waals surface area contributed by atoms with Crippen LogP contribution < -0.4 is 5.73 Å². The smallest absolute Gasteiger partial charge is 0.0239 e. The number of nitrogens with two attached hydrogens (primary N) is 1. The van der Waals surface area contributed by atoms with Crippen LogP contribution in [0.2, 0.25) is 0 Å². The van der Waals surface area contributed by atoms with E-state index in [9.17, 15) is 0 Å². The molecule has 0 bridgehead atoms. The Kier molecular flexibility index (Phi) is 8.69. The number of hydrogen-bond acceptors (Lipinski definition) is 3. The molecule has 0 radical (unpaired) electrons. The Labute approximate surface area is 105 Å². The summed E-state index contributed by atoms with van der Waals surface area (Å²) in [5.41, 5.74) is 5.88. The van der Waals surface area contributed by atoms with Crippen molar-refractivity contribution in [2.45, 2.75) is 18.5 Å². The predicted molar refractivity (Wildman–Crippen MR) is 67.2 cm³/mol. The Bertz CT molecular complexity index is 159. The zero-order valence-corrected chi connectivity index (χ0v) is 10.8. The zero-order chi connectivity index (χ0) is 7.84. The van der Waals surface area contributed by atoms with Crippen LogP contribution >= 0.6 is 37.2 Å². The van der Waals surface area contributed by atoms with Crippen molar-refractivity contribution in [3.05, 3.63) is 0 Å². The maximum atomic E-state index is 5.88. The molecular weight excluding hydrogens is 244 g/mol. The molecule has 6 heteroatoms. The fourth-order valence-corrected chi connectivity index (χ4v) is 2.24. The SMILES string of the molecule is CN1CCN2CC(N)CC2C1.Cl.Cl.Cl. The Balaban J connectivity index is 0. The maximum absolute atomic E-state index is 5.88. The van der Waals surface area contributed by atoms with Crippen molar-refractivity contribution in [1.29, 1.82) is 0 Å². The quantitative estimate of drug-likeness (QED) is 0.695. The van der Waals surface area contributed by atoms with Gasteiger partial charge < -0.3 is 10.6 Å². The van der Waals surface area contributed by atoms with E-state index in [-0.39, 0.29) is 37.2 Å². The molecule has 2 aliphatic heterocycles. The molecule has 2 N–H and O–H groups in total. The Hall–Kier alpha value is 0.750. The van der Waals surface area contributed by atoms with Crippen LogP contribution in [0.15, 0.2) is 0 Å². The highest BCUT2D eigenvalue weighted by Gasteiger charge is 2.32. The highest BCUT2D eigenvalue weighted by Crippen LogP contribution is 2.19. The fourth-order valence-electron chi connectivity index (χ4n) is 2.24. The average molecular weight is 265 g/mol. The summed E-state index contributed by atoms with van der Waals surface area (Å²) in [5, 5.41) is 0. The van der Waals surface area contributed by atoms with Gasteiger partial charge in [0.1, 0.15) is 0 Å². The van der Waals surface area contributed by atoms with Crippen molar-refractivity contribution in [3.8, 4) is 0 Å². The number of nitrogens with zero attached hydrogens (tertiary/aromatic N) is 2. The van der Waals surface area contributed by atoms with Gasteiger partial charge in [0.15, 0.2) is 0 Å². The molecule has 0 aromatic heterocycles. The van der Waals surface area contributed by atoms with Gasteiger partial charge in [-0.1, -0.05) is 0 Å². The molecule has 0 spiro atoms. The molecule has 2 rings (SSSR count). The lowest BCUT2D eigenvalue weighted by atomic mass is 10.1. The number of likely N-dealkylation sites (N-methyl/N-ethyl adjacent to an activating group) is 1. The summed E-state index contributed by atoms with van der Waals surface area (Å²) >= 11 is 0. The molecule has 0 saturated carbocycles. The van der Waals surface area contributed by atoms with Crippen LogP contribution in [0.4, 0.5) is 0 Å². The van der Waals surface area contributed by atoms with Crippen LogP contribution in [-0.4, -0.2) is 55.1 Å². The van der Waals surface area contributed by atoms with E-state index in [1.807, 2.05) is 0 Å². The van der Waals surface area contributed by atoms with Crippen molar-refractivity contribution in [3.63, 3.8) is 0 Å². The molecule has 0 aromatic rings. The highest BCUT2D eigenvalue weighted by atomic mass is 35.5. The summed E-state index contributed by atoms with van der Waals surface area (Å²) in [4.78, 5) is 4.93. The third kappa shape index (κ3) is 3.72. The van der Waals surface area contributed by atoms with Crippen molar-refractivity contribution < 1.29 is 0 Å². The summed E-state index contributed by atoms with van der Waals surface area (Å²) < 4.78 is 0. The van der Waals surface area contributed by atoms with Crippen LogP contribution in [0.25, 0.3) is 0 Å². The first-order chi connectivity index (χ1) is 5.25. The maximum Gasteiger partial charge on any atom is 0.0239 e. The van der Waals surface area contributed by atoms with Gasteiger partial charge in [-0.2, -0.15) is 0 Å². The lowest BCUT2D eigenvalue weighted by molar-refractivity contribution is 0.124. The molecule has 0 aliphatic carbocycles. The number of fused-ring (bicyclic) bond motifs is 1. The molecule has 2 heterocycles. The Morgan fingerprint density at radius 2 is 1.71 bits per heavy atom. The summed E-state index contributed by atoms with van der Waals surface area (Å²) in [7, 11) is 2.20. The second kappa shape index (κ2) is 7.09. The van der Waals surface area contributed by atoms with E-state index in [1.165, 1.54) is 26.1 Å². The fraction of sp³-hybridized carbons (Fsp3) is 1.00. The minimum absolute atomic E-state index is 0. The number of halogens is 3. The Morgan fingerprint density at radius 3 is 2.36 bits per heavy atom. The molecule has 2 unspecified atom stereocenters. The third-order valence-electron chi connectivity index (χ3n) is 2.85. The van der Waals surface area contributed by atoms with Gasteiger partial charge in [-0.05, 0) is 13.5 Å². The molecule has 88 valence electrons. The zero-order valence-electron chi connectivity index (χ0n) is 8.39. The van der Waals surface area contributed by atoms with Gasteiger partial charge in [0.25, 0.3) is 0 Å². The standard InChI is InChI=1S/C8H17N3.3ClH/c1-10-2-3-11-5-7(9)4-8(11)6-10;;;/h7-8H,2-6,9H2,1H3;3*1H. The average Bonchev–Trinajstić information content (AvgIpc) is 2.27. The van der Waals surface area contributed by atoms with E-state index in [2.05, 4.69) is 16.8 Å². The van der Waals surface area contributed by atoms with Gasteiger partial charge in [0, 0.05) is 38.3 Å². The minimum Gasteiger partial charge on any atom is -0.326 e. The molecule has 0 aromatic carbocycles. The molecular formula is C8H20Cl3N3. The molecule has 2 aliphatic rings. The van der Waals surface area contributed by atoms with Gasteiger partial charge in [0.05, 0.1) is 0 Å². The van der Waals surface area contributed by atoms with E-state index >= 15 is 0 Å². The third-order valence-corrected chi connectivity index (χ3v) is 2.85. The van der Waals surface area contributed by atoms with Crippen LogP contribution in [-0.2, 0) is 0 Å². The van der Waals surface area contributed by atoms with Crippen molar-refractivity contribution in [1.82, 2.24) is 9.80 Å². The van der Waals surface area contributed by atoms with Crippen LogP contribution in [0.1, 0.15) is 6.42 Å².